The molecule has 0 amide bonds. The minimum absolute atomic E-state index is 0.575. The van der Waals surface area contributed by atoms with Gasteiger partial charge in [0, 0.05) is 5.70 Å². The van der Waals surface area contributed by atoms with Crippen LogP contribution >= 0.6 is 0 Å². The third kappa shape index (κ3) is 5.89. The Hall–Kier alpha value is -1.50. The molecule has 1 aromatic carbocycles. The zero-order chi connectivity index (χ0) is 16.8. The van der Waals surface area contributed by atoms with Crippen LogP contribution in [-0.4, -0.2) is 0 Å². The molecule has 0 aromatic heterocycles. The molecule has 1 aromatic rings. The number of allylic oxidation sites excluding steroid dienone is 2. The lowest BCUT2D eigenvalue weighted by atomic mass is 9.78. The Kier molecular flexibility index (Phi) is 6.50. The quantitative estimate of drug-likeness (QED) is 0.628. The van der Waals surface area contributed by atoms with E-state index in [0.717, 1.165) is 24.5 Å². The summed E-state index contributed by atoms with van der Waals surface area (Å²) in [6, 6.07) is 6.82. The van der Waals surface area contributed by atoms with E-state index >= 15 is 0 Å². The van der Waals surface area contributed by atoms with Gasteiger partial charge in [-0.15, -0.1) is 0 Å². The molecule has 1 aliphatic carbocycles. The number of hydrogen-bond acceptors (Lipinski definition) is 1. The topological polar surface area (TPSA) is 26.0 Å². The third-order valence-electron chi connectivity index (χ3n) is 5.25. The first-order valence-electron chi connectivity index (χ1n) is 9.12. The molecule has 23 heavy (non-hydrogen) atoms. The molecular weight excluding hydrogens is 278 g/mol. The fraction of sp³-hybridized carbons (Fsp3) is 0.545. The molecular formula is C22H33N. The molecule has 0 saturated heterocycles. The molecule has 0 heterocycles. The van der Waals surface area contributed by atoms with Crippen molar-refractivity contribution in [1.29, 1.82) is 0 Å². The first-order valence-corrected chi connectivity index (χ1v) is 9.12. The van der Waals surface area contributed by atoms with Gasteiger partial charge >= 0.3 is 0 Å². The summed E-state index contributed by atoms with van der Waals surface area (Å²) < 4.78 is 0. The van der Waals surface area contributed by atoms with Crippen molar-refractivity contribution >= 4 is 0 Å². The number of aryl methyl sites for hydroxylation is 2. The van der Waals surface area contributed by atoms with Gasteiger partial charge in [-0.3, -0.25) is 0 Å². The van der Waals surface area contributed by atoms with Gasteiger partial charge in [-0.25, -0.2) is 0 Å². The number of rotatable bonds is 7. The minimum atomic E-state index is 0.575. The molecule has 1 saturated carbocycles. The fourth-order valence-electron chi connectivity index (χ4n) is 4.01. The fourth-order valence-corrected chi connectivity index (χ4v) is 4.01. The number of hydrogen-bond donors (Lipinski definition) is 1. The maximum Gasteiger partial charge on any atom is 0.00390 e. The average molecular weight is 312 g/mol. The van der Waals surface area contributed by atoms with Crippen molar-refractivity contribution in [2.24, 2.45) is 17.6 Å². The molecule has 0 unspecified atom stereocenters. The molecule has 0 radical (unpaired) electrons. The maximum atomic E-state index is 5.84. The molecule has 1 heteroatoms. The summed E-state index contributed by atoms with van der Waals surface area (Å²) in [5, 5.41) is 0. The van der Waals surface area contributed by atoms with Gasteiger partial charge in [0.25, 0.3) is 0 Å². The first-order chi connectivity index (χ1) is 10.9. The van der Waals surface area contributed by atoms with Gasteiger partial charge in [-0.2, -0.15) is 0 Å². The highest BCUT2D eigenvalue weighted by Crippen LogP contribution is 2.34. The van der Waals surface area contributed by atoms with E-state index < -0.39 is 0 Å². The summed E-state index contributed by atoms with van der Waals surface area (Å²) in [6.07, 6.45) is 9.94. The van der Waals surface area contributed by atoms with Crippen LogP contribution in [-0.2, 0) is 6.42 Å². The minimum Gasteiger partial charge on any atom is -0.402 e. The molecule has 0 atom stereocenters. The van der Waals surface area contributed by atoms with Crippen LogP contribution in [0.4, 0.5) is 0 Å². The molecule has 1 fully saturated rings. The van der Waals surface area contributed by atoms with Crippen LogP contribution < -0.4 is 5.73 Å². The van der Waals surface area contributed by atoms with Crippen molar-refractivity contribution in [3.05, 3.63) is 59.3 Å². The standard InChI is InChI=1S/C22H33N/c1-16(13-21-14-17(2)12-18(3)15-21)6-5-7-20-8-10-22(11-9-20)19(4)23/h12,14-15,20,22H,1,4-11,13,23H2,2-3H3. The lowest BCUT2D eigenvalue weighted by molar-refractivity contribution is 0.283. The smallest absolute Gasteiger partial charge is 0.00390 e. The van der Waals surface area contributed by atoms with Gasteiger partial charge in [0.2, 0.25) is 0 Å². The molecule has 0 aliphatic heterocycles. The van der Waals surface area contributed by atoms with Gasteiger partial charge in [0.15, 0.2) is 0 Å². The van der Waals surface area contributed by atoms with E-state index in [9.17, 15) is 0 Å². The van der Waals surface area contributed by atoms with E-state index in [0.29, 0.717) is 5.92 Å². The van der Waals surface area contributed by atoms with Crippen LogP contribution in [0.2, 0.25) is 0 Å². The Morgan fingerprint density at radius 2 is 1.65 bits per heavy atom. The van der Waals surface area contributed by atoms with Crippen molar-refractivity contribution in [1.82, 2.24) is 0 Å². The summed E-state index contributed by atoms with van der Waals surface area (Å²) in [4.78, 5) is 0. The molecule has 0 spiro atoms. The van der Waals surface area contributed by atoms with Crippen LogP contribution in [0.3, 0.4) is 0 Å². The van der Waals surface area contributed by atoms with Crippen molar-refractivity contribution in [2.75, 3.05) is 0 Å². The molecule has 2 N–H and O–H groups in total. The lowest BCUT2D eigenvalue weighted by Gasteiger charge is -2.28. The molecule has 0 bridgehead atoms. The Balaban J connectivity index is 1.68. The Bertz CT molecular complexity index is 527. The second-order valence-corrected chi connectivity index (χ2v) is 7.61. The van der Waals surface area contributed by atoms with Crippen molar-refractivity contribution in [2.45, 2.75) is 65.2 Å². The van der Waals surface area contributed by atoms with E-state index in [1.165, 1.54) is 60.8 Å². The average Bonchev–Trinajstić information content (AvgIpc) is 2.46. The van der Waals surface area contributed by atoms with Crippen LogP contribution in [0.1, 0.15) is 61.6 Å². The predicted molar refractivity (Wildman–Crippen MR) is 101 cm³/mol. The summed E-state index contributed by atoms with van der Waals surface area (Å²) in [6.45, 7) is 12.6. The van der Waals surface area contributed by atoms with E-state index in [-0.39, 0.29) is 0 Å². The molecule has 1 nitrogen and oxygen atoms in total. The highest BCUT2D eigenvalue weighted by Gasteiger charge is 2.21. The monoisotopic (exact) mass is 311 g/mol. The van der Waals surface area contributed by atoms with Gasteiger partial charge in [-0.1, -0.05) is 54.5 Å². The third-order valence-corrected chi connectivity index (χ3v) is 5.25. The Morgan fingerprint density at radius 1 is 1.04 bits per heavy atom. The Labute approximate surface area is 142 Å². The zero-order valence-corrected chi connectivity index (χ0v) is 15.0. The molecule has 2 rings (SSSR count). The van der Waals surface area contributed by atoms with Crippen LogP contribution in [0.5, 0.6) is 0 Å². The SMILES string of the molecule is C=C(CCCC1CCC(C(=C)N)CC1)Cc1cc(C)cc(C)c1. The van der Waals surface area contributed by atoms with Crippen molar-refractivity contribution < 1.29 is 0 Å². The van der Waals surface area contributed by atoms with Crippen LogP contribution in [0.25, 0.3) is 0 Å². The normalized spacial score (nSPS) is 21.1. The summed E-state index contributed by atoms with van der Waals surface area (Å²) in [5.41, 5.74) is 12.2. The van der Waals surface area contributed by atoms with Gasteiger partial charge in [-0.05, 0) is 76.2 Å². The van der Waals surface area contributed by atoms with Gasteiger partial charge in [0.05, 0.1) is 0 Å². The number of benzene rings is 1. The summed E-state index contributed by atoms with van der Waals surface area (Å²) >= 11 is 0. The van der Waals surface area contributed by atoms with Crippen LogP contribution in [0, 0.1) is 25.7 Å². The van der Waals surface area contributed by atoms with Gasteiger partial charge in [0.1, 0.15) is 0 Å². The van der Waals surface area contributed by atoms with Crippen molar-refractivity contribution in [3.63, 3.8) is 0 Å². The second kappa shape index (κ2) is 8.38. The van der Waals surface area contributed by atoms with E-state index in [4.69, 9.17) is 5.73 Å². The van der Waals surface area contributed by atoms with E-state index in [2.05, 4.69) is 45.2 Å². The lowest BCUT2D eigenvalue weighted by Crippen LogP contribution is -2.19. The predicted octanol–water partition coefficient (Wildman–Crippen LogP) is 5.85. The summed E-state index contributed by atoms with van der Waals surface area (Å²) in [7, 11) is 0. The zero-order valence-electron chi connectivity index (χ0n) is 15.0. The highest BCUT2D eigenvalue weighted by molar-refractivity contribution is 5.30. The van der Waals surface area contributed by atoms with Gasteiger partial charge < -0.3 is 5.73 Å². The number of nitrogens with two attached hydrogens (primary N) is 1. The largest absolute Gasteiger partial charge is 0.402 e. The van der Waals surface area contributed by atoms with Crippen LogP contribution in [0.15, 0.2) is 42.6 Å². The Morgan fingerprint density at radius 3 is 2.22 bits per heavy atom. The second-order valence-electron chi connectivity index (χ2n) is 7.61. The molecule has 126 valence electrons. The van der Waals surface area contributed by atoms with E-state index in [1.54, 1.807) is 0 Å². The van der Waals surface area contributed by atoms with Crippen molar-refractivity contribution in [3.8, 4) is 0 Å². The first kappa shape index (κ1) is 17.8. The van der Waals surface area contributed by atoms with E-state index in [1.807, 2.05) is 0 Å². The highest BCUT2D eigenvalue weighted by atomic mass is 14.6. The maximum absolute atomic E-state index is 5.84. The summed E-state index contributed by atoms with van der Waals surface area (Å²) in [5.74, 6) is 1.46. The molecule has 1 aliphatic rings.